The molecule has 0 N–H and O–H groups in total. The molecule has 0 unspecified atom stereocenters. The van der Waals surface area contributed by atoms with Crippen molar-refractivity contribution in [3.05, 3.63) is 63.6 Å². The minimum absolute atomic E-state index is 0.169. The molecule has 2 aromatic heterocycles. The van der Waals surface area contributed by atoms with Crippen LogP contribution in [0.15, 0.2) is 35.3 Å². The van der Waals surface area contributed by atoms with Gasteiger partial charge in [-0.25, -0.2) is 9.67 Å². The minimum atomic E-state index is -0.169. The molecule has 120 valence electrons. The highest BCUT2D eigenvalue weighted by Gasteiger charge is 2.12. The molecule has 0 aromatic carbocycles. The van der Waals surface area contributed by atoms with E-state index < -0.39 is 0 Å². The van der Waals surface area contributed by atoms with Crippen LogP contribution in [0.25, 0.3) is 16.8 Å². The van der Waals surface area contributed by atoms with Crippen LogP contribution in [-0.2, 0) is 7.05 Å². The van der Waals surface area contributed by atoms with Crippen LogP contribution in [0.4, 0.5) is 0 Å². The SMILES string of the molecule is C#Cc1nc(C)n(-c2cnn(C)c(=O)c2)c1C.Cc1cc2ccc1-2. The second kappa shape index (κ2) is 5.82. The number of imidazole rings is 1. The van der Waals surface area contributed by atoms with Gasteiger partial charge in [0.2, 0.25) is 0 Å². The van der Waals surface area contributed by atoms with Gasteiger partial charge in [0.05, 0.1) is 17.6 Å². The van der Waals surface area contributed by atoms with Gasteiger partial charge in [-0.1, -0.05) is 18.2 Å². The van der Waals surface area contributed by atoms with Gasteiger partial charge in [0, 0.05) is 13.1 Å². The van der Waals surface area contributed by atoms with E-state index in [0.29, 0.717) is 11.4 Å². The Balaban J connectivity index is 0.000000198. The van der Waals surface area contributed by atoms with Crippen LogP contribution >= 0.6 is 0 Å². The van der Waals surface area contributed by atoms with Gasteiger partial charge in [0.1, 0.15) is 11.5 Å². The van der Waals surface area contributed by atoms with E-state index in [2.05, 4.69) is 41.1 Å². The van der Waals surface area contributed by atoms with E-state index in [4.69, 9.17) is 6.42 Å². The topological polar surface area (TPSA) is 52.7 Å². The summed E-state index contributed by atoms with van der Waals surface area (Å²) in [5.41, 5.74) is 6.28. The molecule has 0 spiro atoms. The largest absolute Gasteiger partial charge is 0.298 e. The van der Waals surface area contributed by atoms with Crippen molar-refractivity contribution < 1.29 is 0 Å². The summed E-state index contributed by atoms with van der Waals surface area (Å²) in [7, 11) is 1.60. The molecule has 0 amide bonds. The third kappa shape index (κ3) is 2.52. The van der Waals surface area contributed by atoms with Crippen molar-refractivity contribution in [3.63, 3.8) is 0 Å². The average molecular weight is 318 g/mol. The van der Waals surface area contributed by atoms with Gasteiger partial charge in [-0.3, -0.25) is 9.36 Å². The first-order valence-electron chi connectivity index (χ1n) is 7.59. The lowest BCUT2D eigenvalue weighted by atomic mass is 9.88. The maximum atomic E-state index is 11.5. The quantitative estimate of drug-likeness (QED) is 0.507. The number of fused-ring (bicyclic) bond motifs is 1. The monoisotopic (exact) mass is 318 g/mol. The standard InChI is InChI=1S/C12H12N4O.C7H6/c1-5-11-8(2)16(9(3)14-11)10-6-12(17)15(4)13-7-10;1-5-4-6-2-3-7(5)6/h1,6-7H,2-4H3;2-4H,1H3. The van der Waals surface area contributed by atoms with Crippen molar-refractivity contribution in [2.75, 3.05) is 0 Å². The molecule has 2 aromatic rings. The maximum absolute atomic E-state index is 11.5. The molecule has 0 aliphatic heterocycles. The predicted molar refractivity (Wildman–Crippen MR) is 94.2 cm³/mol. The zero-order valence-corrected chi connectivity index (χ0v) is 14.2. The van der Waals surface area contributed by atoms with E-state index in [1.165, 1.54) is 27.4 Å². The molecule has 0 saturated carbocycles. The van der Waals surface area contributed by atoms with Crippen LogP contribution < -0.4 is 5.56 Å². The van der Waals surface area contributed by atoms with Crippen LogP contribution in [0.3, 0.4) is 0 Å². The van der Waals surface area contributed by atoms with Crippen molar-refractivity contribution >= 4 is 0 Å². The summed E-state index contributed by atoms with van der Waals surface area (Å²) in [4.78, 5) is 15.8. The Morgan fingerprint density at radius 1 is 1.17 bits per heavy atom. The number of rotatable bonds is 1. The maximum Gasteiger partial charge on any atom is 0.268 e. The third-order valence-corrected chi connectivity index (χ3v) is 4.16. The van der Waals surface area contributed by atoms with Crippen LogP contribution in [0.5, 0.6) is 0 Å². The first kappa shape index (κ1) is 15.8. The van der Waals surface area contributed by atoms with E-state index >= 15 is 0 Å². The Morgan fingerprint density at radius 2 is 1.92 bits per heavy atom. The highest BCUT2D eigenvalue weighted by Crippen LogP contribution is 2.35. The normalized spacial score (nSPS) is 10.6. The fraction of sp³-hybridized carbons (Fsp3) is 0.211. The molecular weight excluding hydrogens is 300 g/mol. The van der Waals surface area contributed by atoms with Crippen molar-refractivity contribution in [3.8, 4) is 29.2 Å². The molecule has 0 fully saturated rings. The number of aromatic nitrogens is 4. The Kier molecular flexibility index (Phi) is 3.82. The zero-order chi connectivity index (χ0) is 17.4. The lowest BCUT2D eigenvalue weighted by Crippen LogP contribution is -2.19. The molecule has 2 aliphatic carbocycles. The van der Waals surface area contributed by atoms with Crippen molar-refractivity contribution in [2.24, 2.45) is 7.05 Å². The Hall–Kier alpha value is -3.13. The molecule has 0 saturated heterocycles. The van der Waals surface area contributed by atoms with Gasteiger partial charge in [0.25, 0.3) is 5.56 Å². The molecule has 0 bridgehead atoms. The third-order valence-electron chi connectivity index (χ3n) is 4.16. The molecule has 2 heterocycles. The Labute approximate surface area is 140 Å². The highest BCUT2D eigenvalue weighted by molar-refractivity contribution is 5.80. The van der Waals surface area contributed by atoms with Crippen LogP contribution in [0.1, 0.15) is 22.8 Å². The average Bonchev–Trinajstić information content (AvgIpc) is 2.82. The lowest BCUT2D eigenvalue weighted by molar-refractivity contribution is 0.700. The Bertz CT molecular complexity index is 1030. The summed E-state index contributed by atoms with van der Waals surface area (Å²) < 4.78 is 3.09. The second-order valence-corrected chi connectivity index (χ2v) is 5.78. The number of hydrogen-bond acceptors (Lipinski definition) is 3. The van der Waals surface area contributed by atoms with Gasteiger partial charge < -0.3 is 0 Å². The molecule has 5 nitrogen and oxygen atoms in total. The number of aryl methyl sites for hydroxylation is 3. The summed E-state index contributed by atoms with van der Waals surface area (Å²) in [5, 5.41) is 3.98. The fourth-order valence-corrected chi connectivity index (χ4v) is 2.72. The molecular formula is C19H18N4O. The van der Waals surface area contributed by atoms with Gasteiger partial charge in [-0.05, 0) is 43.4 Å². The first-order valence-corrected chi connectivity index (χ1v) is 7.59. The predicted octanol–water partition coefficient (Wildman–Crippen LogP) is 2.54. The van der Waals surface area contributed by atoms with Crippen LogP contribution in [-0.4, -0.2) is 19.3 Å². The van der Waals surface area contributed by atoms with E-state index in [0.717, 1.165) is 11.5 Å². The summed E-state index contributed by atoms with van der Waals surface area (Å²) in [6.45, 7) is 5.85. The molecule has 24 heavy (non-hydrogen) atoms. The van der Waals surface area contributed by atoms with Crippen LogP contribution in [0, 0.1) is 33.1 Å². The van der Waals surface area contributed by atoms with E-state index in [1.807, 2.05) is 18.4 Å². The zero-order valence-electron chi connectivity index (χ0n) is 14.2. The molecule has 2 aliphatic rings. The highest BCUT2D eigenvalue weighted by atomic mass is 16.1. The number of terminal acetylenes is 1. The Morgan fingerprint density at radius 3 is 2.29 bits per heavy atom. The fourth-order valence-electron chi connectivity index (χ4n) is 2.72. The van der Waals surface area contributed by atoms with Gasteiger partial charge in [-0.2, -0.15) is 5.10 Å². The number of hydrogen-bond donors (Lipinski definition) is 0. The van der Waals surface area contributed by atoms with Crippen molar-refractivity contribution in [2.45, 2.75) is 20.8 Å². The number of benzene rings is 1. The summed E-state index contributed by atoms with van der Waals surface area (Å²) in [6, 6.07) is 8.01. The van der Waals surface area contributed by atoms with Crippen molar-refractivity contribution in [1.29, 1.82) is 0 Å². The summed E-state index contributed by atoms with van der Waals surface area (Å²) in [5.74, 6) is 3.26. The van der Waals surface area contributed by atoms with Gasteiger partial charge in [-0.15, -0.1) is 6.42 Å². The van der Waals surface area contributed by atoms with Crippen molar-refractivity contribution in [1.82, 2.24) is 19.3 Å². The lowest BCUT2D eigenvalue weighted by Gasteiger charge is -2.17. The molecule has 0 radical (unpaired) electrons. The smallest absolute Gasteiger partial charge is 0.268 e. The van der Waals surface area contributed by atoms with Crippen LogP contribution in [0.2, 0.25) is 0 Å². The summed E-state index contributed by atoms with van der Waals surface area (Å²) in [6.07, 6.45) is 6.97. The van der Waals surface area contributed by atoms with E-state index in [1.54, 1.807) is 13.2 Å². The van der Waals surface area contributed by atoms with Gasteiger partial charge in [0.15, 0.2) is 0 Å². The first-order chi connectivity index (χ1) is 11.4. The summed E-state index contributed by atoms with van der Waals surface area (Å²) >= 11 is 0. The number of nitrogens with zero attached hydrogens (tertiary/aromatic N) is 4. The molecule has 0 atom stereocenters. The van der Waals surface area contributed by atoms with E-state index in [9.17, 15) is 4.79 Å². The van der Waals surface area contributed by atoms with E-state index in [-0.39, 0.29) is 5.56 Å². The molecule has 5 heteroatoms. The second-order valence-electron chi connectivity index (χ2n) is 5.78. The minimum Gasteiger partial charge on any atom is -0.298 e. The van der Waals surface area contributed by atoms with Gasteiger partial charge >= 0.3 is 0 Å². The molecule has 4 rings (SSSR count).